The zero-order valence-corrected chi connectivity index (χ0v) is 21.7. The number of nitrogens with zero attached hydrogens (tertiary/aromatic N) is 3. The second kappa shape index (κ2) is 9.25. The normalized spacial score (nSPS) is 18.0. The fourth-order valence-corrected chi connectivity index (χ4v) is 6.89. The van der Waals surface area contributed by atoms with Gasteiger partial charge >= 0.3 is 6.09 Å². The summed E-state index contributed by atoms with van der Waals surface area (Å²) in [7, 11) is -4.70. The van der Waals surface area contributed by atoms with Gasteiger partial charge in [0.1, 0.15) is 16.3 Å². The molecule has 2 aliphatic rings. The SMILES string of the molecule is CC(C)(C)OC(=O)N(c1cscn1)S(=O)(=O)c1cc(Cl)c(NCC23CCCN2CCC3)cc1F. The van der Waals surface area contributed by atoms with Crippen LogP contribution in [0.4, 0.5) is 20.7 Å². The number of rotatable bonds is 6. The molecule has 0 atom stereocenters. The van der Waals surface area contributed by atoms with Crippen LogP contribution < -0.4 is 9.62 Å². The van der Waals surface area contributed by atoms with Crippen molar-refractivity contribution < 1.29 is 22.3 Å². The number of aromatic nitrogens is 1. The minimum Gasteiger partial charge on any atom is -0.443 e. The summed E-state index contributed by atoms with van der Waals surface area (Å²) in [4.78, 5) is 18.5. The van der Waals surface area contributed by atoms with Crippen LogP contribution in [-0.2, 0) is 14.8 Å². The zero-order chi connectivity index (χ0) is 24.7. The van der Waals surface area contributed by atoms with Crippen molar-refractivity contribution in [3.63, 3.8) is 0 Å². The molecule has 0 unspecified atom stereocenters. The molecule has 0 spiro atoms. The number of fused-ring (bicyclic) bond motifs is 1. The number of anilines is 2. The standard InChI is InChI=1S/C22H28ClFN4O4S2/c1-21(2,3)32-20(29)28(19-12-33-14-26-19)34(30,31)18-10-15(23)17(11-16(18)24)25-13-22-6-4-8-27(22)9-5-7-22/h10-12,14,25H,4-9,13H2,1-3H3. The van der Waals surface area contributed by atoms with Crippen molar-refractivity contribution in [2.75, 3.05) is 29.3 Å². The number of carbonyl (C=O) groups is 1. The van der Waals surface area contributed by atoms with Crippen LogP contribution in [0, 0.1) is 5.82 Å². The molecule has 8 nitrogen and oxygen atoms in total. The van der Waals surface area contributed by atoms with E-state index in [9.17, 15) is 13.2 Å². The minimum absolute atomic E-state index is 0.0304. The molecule has 0 saturated carbocycles. The molecule has 1 N–H and O–H groups in total. The first-order valence-corrected chi connectivity index (χ1v) is 13.8. The molecule has 1 aromatic carbocycles. The Morgan fingerprint density at radius 1 is 1.32 bits per heavy atom. The van der Waals surface area contributed by atoms with Crippen LogP contribution in [0.5, 0.6) is 0 Å². The highest BCUT2D eigenvalue weighted by molar-refractivity contribution is 7.93. The molecule has 3 heterocycles. The number of thiazole rings is 1. The quantitative estimate of drug-likeness (QED) is 0.555. The molecule has 2 saturated heterocycles. The molecule has 2 aliphatic heterocycles. The maximum Gasteiger partial charge on any atom is 0.430 e. The lowest BCUT2D eigenvalue weighted by Gasteiger charge is -2.32. The van der Waals surface area contributed by atoms with Crippen molar-refractivity contribution in [2.45, 2.75) is 62.5 Å². The van der Waals surface area contributed by atoms with Gasteiger partial charge in [0, 0.05) is 17.5 Å². The van der Waals surface area contributed by atoms with Crippen LogP contribution >= 0.6 is 22.9 Å². The fourth-order valence-electron chi connectivity index (χ4n) is 4.66. The fraction of sp³-hybridized carbons (Fsp3) is 0.545. The second-order valence-corrected chi connectivity index (χ2v) is 12.5. The highest BCUT2D eigenvalue weighted by Crippen LogP contribution is 2.40. The van der Waals surface area contributed by atoms with Crippen LogP contribution in [-0.4, -0.2) is 55.2 Å². The lowest BCUT2D eigenvalue weighted by atomic mass is 9.94. The molecule has 0 aliphatic carbocycles. The minimum atomic E-state index is -4.70. The number of sulfonamides is 1. The summed E-state index contributed by atoms with van der Waals surface area (Å²) < 4.78 is 47.7. The maximum atomic E-state index is 15.2. The van der Waals surface area contributed by atoms with Gasteiger partial charge in [-0.3, -0.25) is 4.90 Å². The molecule has 1 amide bonds. The second-order valence-electron chi connectivity index (χ2n) is 9.63. The Kier molecular flexibility index (Phi) is 6.84. The van der Waals surface area contributed by atoms with Crippen LogP contribution in [0.1, 0.15) is 46.5 Å². The number of benzene rings is 1. The van der Waals surface area contributed by atoms with E-state index >= 15 is 4.39 Å². The van der Waals surface area contributed by atoms with Crippen LogP contribution in [0.25, 0.3) is 0 Å². The molecular formula is C22H28ClFN4O4S2. The van der Waals surface area contributed by atoms with Crippen molar-refractivity contribution in [1.29, 1.82) is 0 Å². The van der Waals surface area contributed by atoms with Crippen molar-refractivity contribution in [3.05, 3.63) is 33.9 Å². The number of hydrogen-bond acceptors (Lipinski definition) is 8. The highest BCUT2D eigenvalue weighted by Gasteiger charge is 2.44. The smallest absolute Gasteiger partial charge is 0.430 e. The van der Waals surface area contributed by atoms with E-state index < -0.39 is 32.4 Å². The third-order valence-electron chi connectivity index (χ3n) is 6.15. The van der Waals surface area contributed by atoms with E-state index in [1.54, 1.807) is 20.8 Å². The summed E-state index contributed by atoms with van der Waals surface area (Å²) in [6.45, 7) is 7.51. The van der Waals surface area contributed by atoms with Crippen molar-refractivity contribution in [3.8, 4) is 0 Å². The van der Waals surface area contributed by atoms with Gasteiger partial charge in [0.25, 0.3) is 10.0 Å². The number of amides is 1. The predicted molar refractivity (Wildman–Crippen MR) is 131 cm³/mol. The van der Waals surface area contributed by atoms with Gasteiger partial charge in [-0.1, -0.05) is 11.6 Å². The van der Waals surface area contributed by atoms with E-state index in [0.29, 0.717) is 16.5 Å². The zero-order valence-electron chi connectivity index (χ0n) is 19.3. The first kappa shape index (κ1) is 25.2. The van der Waals surface area contributed by atoms with Crippen LogP contribution in [0.15, 0.2) is 27.9 Å². The van der Waals surface area contributed by atoms with E-state index in [0.717, 1.165) is 62.2 Å². The molecule has 186 valence electrons. The van der Waals surface area contributed by atoms with Gasteiger partial charge in [0.15, 0.2) is 5.82 Å². The third kappa shape index (κ3) is 4.89. The molecule has 2 fully saturated rings. The Balaban J connectivity index is 1.63. The van der Waals surface area contributed by atoms with Gasteiger partial charge in [-0.05, 0) is 71.7 Å². The highest BCUT2D eigenvalue weighted by atomic mass is 35.5. The summed E-state index contributed by atoms with van der Waals surface area (Å²) in [5.74, 6) is -1.21. The Hall–Kier alpha value is -1.95. The molecule has 1 aromatic heterocycles. The van der Waals surface area contributed by atoms with E-state index in [4.69, 9.17) is 16.3 Å². The van der Waals surface area contributed by atoms with Crippen molar-refractivity contribution >= 4 is 50.6 Å². The van der Waals surface area contributed by atoms with Gasteiger partial charge < -0.3 is 10.1 Å². The monoisotopic (exact) mass is 530 g/mol. The summed E-state index contributed by atoms with van der Waals surface area (Å²) in [5.41, 5.74) is 0.734. The van der Waals surface area contributed by atoms with Gasteiger partial charge in [0.05, 0.1) is 16.2 Å². The van der Waals surface area contributed by atoms with Gasteiger partial charge in [-0.15, -0.1) is 15.6 Å². The average molecular weight is 531 g/mol. The Morgan fingerprint density at radius 3 is 2.59 bits per heavy atom. The number of nitrogens with one attached hydrogen (secondary N) is 1. The Labute approximate surface area is 208 Å². The first-order chi connectivity index (χ1) is 15.9. The van der Waals surface area contributed by atoms with Crippen molar-refractivity contribution in [2.24, 2.45) is 0 Å². The van der Waals surface area contributed by atoms with Crippen LogP contribution in [0.3, 0.4) is 0 Å². The topological polar surface area (TPSA) is 91.8 Å². The molecule has 0 bridgehead atoms. The van der Waals surface area contributed by atoms with E-state index in [2.05, 4.69) is 15.2 Å². The van der Waals surface area contributed by atoms with Gasteiger partial charge in [-0.2, -0.15) is 0 Å². The van der Waals surface area contributed by atoms with Gasteiger partial charge in [-0.25, -0.2) is 22.6 Å². The average Bonchev–Trinajstić information content (AvgIpc) is 3.44. The number of hydrogen-bond donors (Lipinski definition) is 1. The lowest BCUT2D eigenvalue weighted by Crippen LogP contribution is -2.44. The Morgan fingerprint density at radius 2 is 2.00 bits per heavy atom. The summed E-state index contributed by atoms with van der Waals surface area (Å²) in [5, 5.41) is 4.63. The Bertz CT molecular complexity index is 1160. The summed E-state index contributed by atoms with van der Waals surface area (Å²) in [6.07, 6.45) is 3.18. The third-order valence-corrected chi connectivity index (χ3v) is 8.72. The molecule has 34 heavy (non-hydrogen) atoms. The van der Waals surface area contributed by atoms with E-state index in [-0.39, 0.29) is 16.4 Å². The molecule has 12 heteroatoms. The predicted octanol–water partition coefficient (Wildman–Crippen LogP) is 5.11. The lowest BCUT2D eigenvalue weighted by molar-refractivity contribution is 0.0608. The largest absolute Gasteiger partial charge is 0.443 e. The summed E-state index contributed by atoms with van der Waals surface area (Å²) in [6, 6.07) is 2.09. The van der Waals surface area contributed by atoms with E-state index in [1.165, 1.54) is 10.9 Å². The van der Waals surface area contributed by atoms with Crippen LogP contribution in [0.2, 0.25) is 5.02 Å². The molecular weight excluding hydrogens is 503 g/mol. The molecule has 2 aromatic rings. The molecule has 0 radical (unpaired) electrons. The number of ether oxygens (including phenoxy) is 1. The van der Waals surface area contributed by atoms with Gasteiger partial charge in [0.2, 0.25) is 0 Å². The number of halogens is 2. The van der Waals surface area contributed by atoms with Crippen molar-refractivity contribution in [1.82, 2.24) is 9.88 Å². The molecule has 4 rings (SSSR count). The first-order valence-electron chi connectivity index (χ1n) is 11.1. The number of carbonyl (C=O) groups excluding carboxylic acids is 1. The van der Waals surface area contributed by atoms with E-state index in [1.807, 2.05) is 0 Å². The summed E-state index contributed by atoms with van der Waals surface area (Å²) >= 11 is 7.48. The maximum absolute atomic E-state index is 15.2.